The Bertz CT molecular complexity index is 871. The van der Waals surface area contributed by atoms with Gasteiger partial charge in [0.15, 0.2) is 0 Å². The fraction of sp³-hybridized carbons (Fsp3) is 0.250. The number of nitrogens with one attached hydrogen (secondary N) is 2. The first-order valence-electron chi connectivity index (χ1n) is 8.51. The second-order valence-corrected chi connectivity index (χ2v) is 6.44. The molecule has 0 heterocycles. The normalized spacial score (nSPS) is 12.0. The molecule has 2 amide bonds. The molecule has 148 valence electrons. The molecule has 0 unspecified atom stereocenters. The topological polar surface area (TPSA) is 70.6 Å². The van der Waals surface area contributed by atoms with E-state index in [0.717, 1.165) is 5.56 Å². The minimum absolute atomic E-state index is 0.00755. The van der Waals surface area contributed by atoms with Gasteiger partial charge in [0, 0.05) is 11.3 Å². The van der Waals surface area contributed by atoms with E-state index in [1.165, 1.54) is 24.3 Å². The van der Waals surface area contributed by atoms with Crippen LogP contribution in [0.2, 0.25) is 0 Å². The molecule has 0 saturated carbocycles. The standard InChI is InChI=1S/C20H20F3N3O2/c1-12(2)14-4-6-16(7-5-14)18(27)26-25-13(3)15-8-10-17(11-9-15)24-19(28)20(21,22)23/h4-12H,1-3H3,(H,24,28)(H,26,27). The van der Waals surface area contributed by atoms with Gasteiger partial charge >= 0.3 is 12.1 Å². The number of alkyl halides is 3. The average molecular weight is 391 g/mol. The van der Waals surface area contributed by atoms with Gasteiger partial charge in [0.25, 0.3) is 5.91 Å². The molecule has 0 aromatic heterocycles. The lowest BCUT2D eigenvalue weighted by atomic mass is 10.0. The summed E-state index contributed by atoms with van der Waals surface area (Å²) in [4.78, 5) is 23.1. The fourth-order valence-corrected chi connectivity index (χ4v) is 2.28. The molecule has 0 atom stereocenters. The van der Waals surface area contributed by atoms with Crippen LogP contribution in [0.5, 0.6) is 0 Å². The highest BCUT2D eigenvalue weighted by Gasteiger charge is 2.38. The molecule has 2 rings (SSSR count). The summed E-state index contributed by atoms with van der Waals surface area (Å²) in [6.07, 6.45) is -4.95. The number of hydrogen-bond acceptors (Lipinski definition) is 3. The predicted octanol–water partition coefficient (Wildman–Crippen LogP) is 4.46. The number of carbonyl (C=O) groups is 2. The molecular formula is C20H20F3N3O2. The summed E-state index contributed by atoms with van der Waals surface area (Å²) in [7, 11) is 0. The van der Waals surface area contributed by atoms with Crippen molar-refractivity contribution in [2.45, 2.75) is 32.9 Å². The molecule has 0 aliphatic heterocycles. The third kappa shape index (κ3) is 5.67. The number of hydrogen-bond donors (Lipinski definition) is 2. The Hall–Kier alpha value is -3.16. The lowest BCUT2D eigenvalue weighted by Gasteiger charge is -2.09. The van der Waals surface area contributed by atoms with Gasteiger partial charge in [-0.15, -0.1) is 0 Å². The van der Waals surface area contributed by atoms with E-state index in [1.807, 2.05) is 12.1 Å². The molecule has 5 nitrogen and oxygen atoms in total. The molecule has 8 heteroatoms. The highest BCUT2D eigenvalue weighted by Crippen LogP contribution is 2.19. The SMILES string of the molecule is CC(=NNC(=O)c1ccc(C(C)C)cc1)c1ccc(NC(=O)C(F)(F)F)cc1. The van der Waals surface area contributed by atoms with Crippen molar-refractivity contribution in [2.24, 2.45) is 5.10 Å². The Kier molecular flexibility index (Phi) is 6.56. The lowest BCUT2D eigenvalue weighted by Crippen LogP contribution is -2.29. The first-order valence-corrected chi connectivity index (χ1v) is 8.51. The van der Waals surface area contributed by atoms with Crippen LogP contribution in [0.3, 0.4) is 0 Å². The van der Waals surface area contributed by atoms with Gasteiger partial charge in [-0.1, -0.05) is 38.1 Å². The van der Waals surface area contributed by atoms with Gasteiger partial charge in [-0.3, -0.25) is 9.59 Å². The van der Waals surface area contributed by atoms with Crippen LogP contribution in [0.25, 0.3) is 0 Å². The molecule has 2 N–H and O–H groups in total. The maximum atomic E-state index is 12.2. The van der Waals surface area contributed by atoms with Crippen molar-refractivity contribution in [1.29, 1.82) is 0 Å². The smallest absolute Gasteiger partial charge is 0.318 e. The van der Waals surface area contributed by atoms with Crippen molar-refractivity contribution < 1.29 is 22.8 Å². The molecular weight excluding hydrogens is 371 g/mol. The number of benzene rings is 2. The quantitative estimate of drug-likeness (QED) is 0.583. The van der Waals surface area contributed by atoms with Crippen LogP contribution in [-0.4, -0.2) is 23.7 Å². The third-order valence-corrected chi connectivity index (χ3v) is 3.98. The minimum atomic E-state index is -4.95. The molecule has 0 aliphatic carbocycles. The Balaban J connectivity index is 2.01. The number of rotatable bonds is 5. The predicted molar refractivity (Wildman–Crippen MR) is 101 cm³/mol. The summed E-state index contributed by atoms with van der Waals surface area (Å²) in [5, 5.41) is 5.77. The van der Waals surface area contributed by atoms with Gasteiger partial charge < -0.3 is 5.32 Å². The number of carbonyl (C=O) groups excluding carboxylic acids is 2. The lowest BCUT2D eigenvalue weighted by molar-refractivity contribution is -0.167. The van der Waals surface area contributed by atoms with E-state index in [2.05, 4.69) is 24.4 Å². The zero-order valence-electron chi connectivity index (χ0n) is 15.6. The maximum absolute atomic E-state index is 12.2. The van der Waals surface area contributed by atoms with Crippen LogP contribution in [0.15, 0.2) is 53.6 Å². The fourth-order valence-electron chi connectivity index (χ4n) is 2.28. The Morgan fingerprint density at radius 3 is 1.96 bits per heavy atom. The molecule has 0 bridgehead atoms. The largest absolute Gasteiger partial charge is 0.471 e. The molecule has 28 heavy (non-hydrogen) atoms. The monoisotopic (exact) mass is 391 g/mol. The van der Waals surface area contributed by atoms with Crippen LogP contribution in [-0.2, 0) is 4.79 Å². The van der Waals surface area contributed by atoms with E-state index in [-0.39, 0.29) is 11.6 Å². The van der Waals surface area contributed by atoms with Crippen LogP contribution in [0, 0.1) is 0 Å². The van der Waals surface area contributed by atoms with Crippen molar-refractivity contribution in [3.05, 3.63) is 65.2 Å². The highest BCUT2D eigenvalue weighted by molar-refractivity contribution is 6.01. The summed E-state index contributed by atoms with van der Waals surface area (Å²) in [5.41, 5.74) is 5.08. The highest BCUT2D eigenvalue weighted by atomic mass is 19.4. The molecule has 2 aromatic rings. The Morgan fingerprint density at radius 1 is 0.929 bits per heavy atom. The van der Waals surface area contributed by atoms with E-state index in [4.69, 9.17) is 0 Å². The van der Waals surface area contributed by atoms with E-state index >= 15 is 0 Å². The van der Waals surface area contributed by atoms with Gasteiger partial charge in [-0.25, -0.2) is 5.43 Å². The molecule has 0 radical (unpaired) electrons. The van der Waals surface area contributed by atoms with E-state index in [0.29, 0.717) is 22.8 Å². The molecule has 0 saturated heterocycles. The summed E-state index contributed by atoms with van der Waals surface area (Å²) in [6.45, 7) is 5.76. The number of anilines is 1. The van der Waals surface area contributed by atoms with Crippen molar-refractivity contribution in [3.8, 4) is 0 Å². The van der Waals surface area contributed by atoms with Gasteiger partial charge in [-0.2, -0.15) is 18.3 Å². The molecule has 0 aliphatic rings. The summed E-state index contributed by atoms with van der Waals surface area (Å²) < 4.78 is 36.7. The van der Waals surface area contributed by atoms with Crippen molar-refractivity contribution in [3.63, 3.8) is 0 Å². The van der Waals surface area contributed by atoms with Crippen LogP contribution >= 0.6 is 0 Å². The van der Waals surface area contributed by atoms with Crippen molar-refractivity contribution in [1.82, 2.24) is 5.43 Å². The number of halogens is 3. The maximum Gasteiger partial charge on any atom is 0.471 e. The van der Waals surface area contributed by atoms with Gasteiger partial charge in [0.05, 0.1) is 5.71 Å². The van der Waals surface area contributed by atoms with Gasteiger partial charge in [0.2, 0.25) is 0 Å². The van der Waals surface area contributed by atoms with E-state index in [9.17, 15) is 22.8 Å². The molecule has 0 spiro atoms. The second-order valence-electron chi connectivity index (χ2n) is 6.44. The van der Waals surface area contributed by atoms with Crippen molar-refractivity contribution >= 4 is 23.2 Å². The first kappa shape index (κ1) is 21.1. The molecule has 0 fully saturated rings. The van der Waals surface area contributed by atoms with Crippen molar-refractivity contribution in [2.75, 3.05) is 5.32 Å². The summed E-state index contributed by atoms with van der Waals surface area (Å²) >= 11 is 0. The minimum Gasteiger partial charge on any atom is -0.318 e. The van der Waals surface area contributed by atoms with Gasteiger partial charge in [0.1, 0.15) is 0 Å². The first-order chi connectivity index (χ1) is 13.1. The van der Waals surface area contributed by atoms with E-state index in [1.54, 1.807) is 24.4 Å². The Labute approximate surface area is 160 Å². The van der Waals surface area contributed by atoms with E-state index < -0.39 is 12.1 Å². The number of nitrogens with zero attached hydrogens (tertiary/aromatic N) is 1. The number of hydrazone groups is 1. The summed E-state index contributed by atoms with van der Waals surface area (Å²) in [5.74, 6) is -2.05. The van der Waals surface area contributed by atoms with Crippen LogP contribution < -0.4 is 10.7 Å². The zero-order valence-corrected chi connectivity index (χ0v) is 15.6. The van der Waals surface area contributed by atoms with Gasteiger partial charge in [-0.05, 0) is 48.2 Å². The zero-order chi connectivity index (χ0) is 20.9. The number of amides is 2. The molecule has 2 aromatic carbocycles. The van der Waals surface area contributed by atoms with Crippen LogP contribution in [0.1, 0.15) is 48.2 Å². The summed E-state index contributed by atoms with van der Waals surface area (Å²) in [6, 6.07) is 12.8. The second kappa shape index (κ2) is 8.69. The third-order valence-electron chi connectivity index (χ3n) is 3.98. The average Bonchev–Trinajstić information content (AvgIpc) is 2.65. The van der Waals surface area contributed by atoms with Crippen LogP contribution in [0.4, 0.5) is 18.9 Å². The Morgan fingerprint density at radius 2 is 1.46 bits per heavy atom.